The monoisotopic (exact) mass is 588 g/mol. The van der Waals surface area contributed by atoms with Crippen molar-refractivity contribution in [2.75, 3.05) is 0 Å². The Balaban J connectivity index is 1.50. The first kappa shape index (κ1) is 24.1. The summed E-state index contributed by atoms with van der Waals surface area (Å²) in [4.78, 5) is 27.0. The van der Waals surface area contributed by atoms with E-state index in [1.54, 1.807) is 36.4 Å². The number of imide groups is 1. The SMILES string of the molecule is O=C1S/C(=C\c2cn(Cc3ccc(Cl)cc3Cl)c3ccc(Br)cc23)C(=O)N1Cc1ccccc1F. The van der Waals surface area contributed by atoms with E-state index in [9.17, 15) is 14.0 Å². The van der Waals surface area contributed by atoms with Gasteiger partial charge in [0, 0.05) is 49.3 Å². The molecular formula is C26H16BrCl2FN2O2S. The van der Waals surface area contributed by atoms with Gasteiger partial charge in [-0.25, -0.2) is 4.39 Å². The molecule has 0 bridgehead atoms. The second-order valence-electron chi connectivity index (χ2n) is 7.97. The predicted molar refractivity (Wildman–Crippen MR) is 143 cm³/mol. The fraction of sp³-hybridized carbons (Fsp3) is 0.0769. The minimum atomic E-state index is -0.454. The summed E-state index contributed by atoms with van der Waals surface area (Å²) >= 11 is 16.8. The van der Waals surface area contributed by atoms with E-state index in [0.717, 1.165) is 43.2 Å². The number of fused-ring (bicyclic) bond motifs is 1. The van der Waals surface area contributed by atoms with Gasteiger partial charge in [-0.15, -0.1) is 0 Å². The van der Waals surface area contributed by atoms with Crippen LogP contribution in [-0.2, 0) is 17.9 Å². The smallest absolute Gasteiger partial charge is 0.293 e. The van der Waals surface area contributed by atoms with Gasteiger partial charge in [-0.3, -0.25) is 14.5 Å². The molecule has 3 aromatic carbocycles. The highest BCUT2D eigenvalue weighted by Gasteiger charge is 2.35. The summed E-state index contributed by atoms with van der Waals surface area (Å²) in [5.41, 5.74) is 2.91. The third-order valence-corrected chi connectivity index (χ3v) is 7.66. The average Bonchev–Trinajstić information content (AvgIpc) is 3.28. The van der Waals surface area contributed by atoms with Gasteiger partial charge >= 0.3 is 0 Å². The van der Waals surface area contributed by atoms with Crippen molar-refractivity contribution in [3.63, 3.8) is 0 Å². The van der Waals surface area contributed by atoms with Gasteiger partial charge in [0.15, 0.2) is 0 Å². The second kappa shape index (κ2) is 9.82. The van der Waals surface area contributed by atoms with Gasteiger partial charge < -0.3 is 4.57 Å². The maximum absolute atomic E-state index is 14.1. The van der Waals surface area contributed by atoms with Crippen LogP contribution in [0.3, 0.4) is 0 Å². The Morgan fingerprint density at radius 3 is 2.54 bits per heavy atom. The number of nitrogens with zero attached hydrogens (tertiary/aromatic N) is 2. The highest BCUT2D eigenvalue weighted by atomic mass is 79.9. The Kier molecular flexibility index (Phi) is 6.77. The Hall–Kier alpha value is -2.58. The van der Waals surface area contributed by atoms with Crippen LogP contribution in [0.4, 0.5) is 9.18 Å². The number of halogens is 4. The van der Waals surface area contributed by atoms with Crippen LogP contribution in [0.15, 0.2) is 76.2 Å². The van der Waals surface area contributed by atoms with E-state index in [0.29, 0.717) is 16.6 Å². The van der Waals surface area contributed by atoms with Gasteiger partial charge in [-0.2, -0.15) is 0 Å². The summed E-state index contributed by atoms with van der Waals surface area (Å²) in [6.45, 7) is 0.383. The largest absolute Gasteiger partial charge is 0.342 e. The highest BCUT2D eigenvalue weighted by molar-refractivity contribution is 9.10. The van der Waals surface area contributed by atoms with Gasteiger partial charge in [-0.1, -0.05) is 63.4 Å². The third kappa shape index (κ3) is 4.91. The molecule has 1 aromatic heterocycles. The molecule has 2 heterocycles. The summed E-state index contributed by atoms with van der Waals surface area (Å²) in [5.74, 6) is -0.899. The number of hydrogen-bond acceptors (Lipinski definition) is 3. The van der Waals surface area contributed by atoms with E-state index in [4.69, 9.17) is 23.2 Å². The van der Waals surface area contributed by atoms with Crippen LogP contribution in [0.2, 0.25) is 10.0 Å². The second-order valence-corrected chi connectivity index (χ2v) is 10.7. The van der Waals surface area contributed by atoms with Crippen molar-refractivity contribution >= 4 is 79.0 Å². The molecule has 176 valence electrons. The molecule has 1 saturated heterocycles. The Morgan fingerprint density at radius 1 is 0.971 bits per heavy atom. The van der Waals surface area contributed by atoms with Crippen molar-refractivity contribution < 1.29 is 14.0 Å². The van der Waals surface area contributed by atoms with Crippen molar-refractivity contribution in [1.29, 1.82) is 0 Å². The fourth-order valence-electron chi connectivity index (χ4n) is 3.95. The lowest BCUT2D eigenvalue weighted by molar-refractivity contribution is -0.123. The van der Waals surface area contributed by atoms with Gasteiger partial charge in [0.2, 0.25) is 0 Å². The Morgan fingerprint density at radius 2 is 1.77 bits per heavy atom. The van der Waals surface area contributed by atoms with Crippen molar-refractivity contribution in [3.8, 4) is 0 Å². The van der Waals surface area contributed by atoms with E-state index in [-0.39, 0.29) is 17.0 Å². The number of amides is 2. The number of carbonyl (C=O) groups excluding carboxylic acids is 2. The molecule has 1 aliphatic heterocycles. The van der Waals surface area contributed by atoms with Crippen molar-refractivity contribution in [2.24, 2.45) is 0 Å². The number of hydrogen-bond donors (Lipinski definition) is 0. The highest BCUT2D eigenvalue weighted by Crippen LogP contribution is 2.36. The van der Waals surface area contributed by atoms with Crippen LogP contribution in [0.25, 0.3) is 17.0 Å². The van der Waals surface area contributed by atoms with Crippen LogP contribution in [0.1, 0.15) is 16.7 Å². The zero-order chi connectivity index (χ0) is 24.7. The molecule has 0 atom stereocenters. The number of rotatable bonds is 5. The van der Waals surface area contributed by atoms with Crippen molar-refractivity contribution in [3.05, 3.63) is 109 Å². The molecule has 0 unspecified atom stereocenters. The molecule has 0 saturated carbocycles. The van der Waals surface area contributed by atoms with E-state index in [2.05, 4.69) is 15.9 Å². The zero-order valence-electron chi connectivity index (χ0n) is 18.0. The number of thioether (sulfide) groups is 1. The van der Waals surface area contributed by atoms with Gasteiger partial charge in [0.25, 0.3) is 11.1 Å². The maximum atomic E-state index is 14.1. The van der Waals surface area contributed by atoms with Crippen molar-refractivity contribution in [2.45, 2.75) is 13.1 Å². The first-order valence-electron chi connectivity index (χ1n) is 10.5. The van der Waals surface area contributed by atoms with E-state index >= 15 is 0 Å². The minimum Gasteiger partial charge on any atom is -0.342 e. The molecule has 1 fully saturated rings. The molecule has 0 aliphatic carbocycles. The van der Waals surface area contributed by atoms with Crippen LogP contribution < -0.4 is 0 Å². The normalized spacial score (nSPS) is 15.1. The average molecular weight is 590 g/mol. The van der Waals surface area contributed by atoms with Crippen LogP contribution in [-0.4, -0.2) is 20.6 Å². The number of carbonyl (C=O) groups is 2. The summed E-state index contributed by atoms with van der Waals surface area (Å²) in [6, 6.07) is 17.4. The molecule has 1 aliphatic rings. The standard InChI is InChI=1S/C26H16BrCl2FN2O2S/c27-18-6-8-23-20(10-18)17(13-31(23)12-15-5-7-19(28)11-21(15)29)9-24-25(33)32(26(34)35-24)14-16-3-1-2-4-22(16)30/h1-11,13H,12,14H2/b24-9-. The van der Waals surface area contributed by atoms with E-state index < -0.39 is 17.0 Å². The summed E-state index contributed by atoms with van der Waals surface area (Å²) in [7, 11) is 0. The number of benzene rings is 3. The van der Waals surface area contributed by atoms with E-state index in [1.165, 1.54) is 6.07 Å². The Bertz CT molecular complexity index is 1540. The fourth-order valence-corrected chi connectivity index (χ4v) is 5.61. The lowest BCUT2D eigenvalue weighted by Gasteiger charge is -2.12. The first-order valence-corrected chi connectivity index (χ1v) is 12.9. The molecule has 0 radical (unpaired) electrons. The van der Waals surface area contributed by atoms with Crippen LogP contribution in [0.5, 0.6) is 0 Å². The molecule has 35 heavy (non-hydrogen) atoms. The molecule has 5 rings (SSSR count). The van der Waals surface area contributed by atoms with Crippen molar-refractivity contribution in [1.82, 2.24) is 9.47 Å². The summed E-state index contributed by atoms with van der Waals surface area (Å²) < 4.78 is 17.0. The summed E-state index contributed by atoms with van der Waals surface area (Å²) in [5, 5.41) is 1.60. The number of aromatic nitrogens is 1. The molecular weight excluding hydrogens is 574 g/mol. The van der Waals surface area contributed by atoms with Crippen LogP contribution >= 0.6 is 50.9 Å². The molecule has 2 amide bonds. The summed E-state index contributed by atoms with van der Waals surface area (Å²) in [6.07, 6.45) is 3.63. The van der Waals surface area contributed by atoms with Gasteiger partial charge in [-0.05, 0) is 59.8 Å². The molecule has 9 heteroatoms. The van der Waals surface area contributed by atoms with Gasteiger partial charge in [0.05, 0.1) is 11.4 Å². The molecule has 0 N–H and O–H groups in total. The molecule has 0 spiro atoms. The third-order valence-electron chi connectivity index (χ3n) is 5.68. The molecule has 4 aromatic rings. The van der Waals surface area contributed by atoms with Gasteiger partial charge in [0.1, 0.15) is 5.82 Å². The lowest BCUT2D eigenvalue weighted by atomic mass is 10.1. The maximum Gasteiger partial charge on any atom is 0.293 e. The minimum absolute atomic E-state index is 0.114. The van der Waals surface area contributed by atoms with E-state index in [1.807, 2.05) is 35.0 Å². The lowest BCUT2D eigenvalue weighted by Crippen LogP contribution is -2.27. The zero-order valence-corrected chi connectivity index (χ0v) is 21.9. The Labute approximate surface area is 223 Å². The predicted octanol–water partition coefficient (Wildman–Crippen LogP) is 8.13. The molecule has 4 nitrogen and oxygen atoms in total. The first-order chi connectivity index (χ1) is 16.8. The topological polar surface area (TPSA) is 42.3 Å². The quantitative estimate of drug-likeness (QED) is 0.221. The van der Waals surface area contributed by atoms with Crippen LogP contribution in [0, 0.1) is 5.82 Å².